The molecule has 10 nitrogen and oxygen atoms in total. The van der Waals surface area contributed by atoms with Crippen LogP contribution in [-0.2, 0) is 13.1 Å². The Labute approximate surface area is 196 Å². The molecule has 0 atom stereocenters. The smallest absolute Gasteiger partial charge is 0.276 e. The lowest BCUT2D eigenvalue weighted by Gasteiger charge is -2.33. The molecule has 34 heavy (non-hydrogen) atoms. The first-order valence-corrected chi connectivity index (χ1v) is 11.1. The molecule has 2 aromatic heterocycles. The van der Waals surface area contributed by atoms with Crippen molar-refractivity contribution < 1.29 is 14.1 Å². The van der Waals surface area contributed by atoms with Crippen LogP contribution in [0.1, 0.15) is 21.9 Å². The minimum absolute atomic E-state index is 0.0986. The molecule has 2 aromatic carbocycles. The molecule has 0 N–H and O–H groups in total. The maximum Gasteiger partial charge on any atom is 0.276 e. The van der Waals surface area contributed by atoms with Gasteiger partial charge in [0.2, 0.25) is 11.7 Å². The molecule has 1 fully saturated rings. The van der Waals surface area contributed by atoms with E-state index in [1.54, 1.807) is 18.0 Å². The summed E-state index contributed by atoms with van der Waals surface area (Å²) in [6.07, 6.45) is 1.71. The van der Waals surface area contributed by atoms with Gasteiger partial charge in [-0.3, -0.25) is 9.69 Å². The van der Waals surface area contributed by atoms with Crippen LogP contribution in [-0.4, -0.2) is 74.1 Å². The van der Waals surface area contributed by atoms with E-state index in [-0.39, 0.29) is 5.91 Å². The Kier molecular flexibility index (Phi) is 6.30. The number of hydrogen-bond donors (Lipinski definition) is 0. The highest BCUT2D eigenvalue weighted by atomic mass is 16.5. The predicted octanol–water partition coefficient (Wildman–Crippen LogP) is 2.34. The summed E-state index contributed by atoms with van der Waals surface area (Å²) < 4.78 is 12.3. The lowest BCUT2D eigenvalue weighted by atomic mass is 10.2. The maximum atomic E-state index is 12.9. The lowest BCUT2D eigenvalue weighted by Crippen LogP contribution is -2.48. The summed E-state index contributed by atoms with van der Waals surface area (Å²) in [7, 11) is 1.63. The summed E-state index contributed by atoms with van der Waals surface area (Å²) in [4.78, 5) is 21.4. The fourth-order valence-electron chi connectivity index (χ4n) is 3.88. The van der Waals surface area contributed by atoms with Crippen LogP contribution < -0.4 is 4.74 Å². The van der Waals surface area contributed by atoms with Gasteiger partial charge in [0.25, 0.3) is 5.91 Å². The highest BCUT2D eigenvalue weighted by molar-refractivity contribution is 5.92. The Morgan fingerprint density at radius 2 is 1.76 bits per heavy atom. The van der Waals surface area contributed by atoms with Crippen molar-refractivity contribution in [1.29, 1.82) is 0 Å². The SMILES string of the molecule is COc1ccc(-c2noc(CN3CCN(C(=O)c4cn(Cc5ccccc5)nn4)CC3)n2)cc1. The Hall–Kier alpha value is -4.05. The van der Waals surface area contributed by atoms with Crippen molar-refractivity contribution in [2.75, 3.05) is 33.3 Å². The van der Waals surface area contributed by atoms with E-state index in [1.165, 1.54) is 0 Å². The third-order valence-electron chi connectivity index (χ3n) is 5.78. The molecule has 5 rings (SSSR count). The second-order valence-electron chi connectivity index (χ2n) is 8.10. The minimum atomic E-state index is -0.0986. The van der Waals surface area contributed by atoms with Crippen molar-refractivity contribution in [3.05, 3.63) is 77.9 Å². The average molecular weight is 460 g/mol. The van der Waals surface area contributed by atoms with Gasteiger partial charge in [0.05, 0.1) is 26.4 Å². The van der Waals surface area contributed by atoms with Crippen LogP contribution >= 0.6 is 0 Å². The molecular weight excluding hydrogens is 434 g/mol. The topological polar surface area (TPSA) is 102 Å². The van der Waals surface area contributed by atoms with E-state index in [0.717, 1.165) is 16.9 Å². The van der Waals surface area contributed by atoms with Crippen LogP contribution in [0.4, 0.5) is 0 Å². The zero-order valence-corrected chi connectivity index (χ0v) is 18.9. The van der Waals surface area contributed by atoms with Crippen molar-refractivity contribution in [2.45, 2.75) is 13.1 Å². The van der Waals surface area contributed by atoms with Gasteiger partial charge in [0.15, 0.2) is 5.69 Å². The normalized spacial score (nSPS) is 14.3. The summed E-state index contributed by atoms with van der Waals surface area (Å²) in [5, 5.41) is 12.3. The van der Waals surface area contributed by atoms with E-state index in [2.05, 4.69) is 25.4 Å². The summed E-state index contributed by atoms with van der Waals surface area (Å²) in [5.41, 5.74) is 2.34. The largest absolute Gasteiger partial charge is 0.497 e. The number of carbonyl (C=O) groups is 1. The highest BCUT2D eigenvalue weighted by Crippen LogP contribution is 2.20. The van der Waals surface area contributed by atoms with Crippen LogP contribution in [0.3, 0.4) is 0 Å². The van der Waals surface area contributed by atoms with Crippen LogP contribution in [0, 0.1) is 0 Å². The quantitative estimate of drug-likeness (QED) is 0.415. The molecule has 1 aliphatic heterocycles. The van der Waals surface area contributed by atoms with Crippen LogP contribution in [0.5, 0.6) is 5.75 Å². The molecule has 1 saturated heterocycles. The lowest BCUT2D eigenvalue weighted by molar-refractivity contribution is 0.0609. The fraction of sp³-hybridized carbons (Fsp3) is 0.292. The summed E-state index contributed by atoms with van der Waals surface area (Å²) in [5.74, 6) is 1.77. The number of methoxy groups -OCH3 is 1. The molecule has 0 radical (unpaired) electrons. The van der Waals surface area contributed by atoms with Crippen molar-refractivity contribution >= 4 is 5.91 Å². The number of aromatic nitrogens is 5. The van der Waals surface area contributed by atoms with Gasteiger partial charge < -0.3 is 14.2 Å². The fourth-order valence-corrected chi connectivity index (χ4v) is 3.88. The molecular formula is C24H25N7O3. The van der Waals surface area contributed by atoms with Crippen molar-refractivity contribution in [3.63, 3.8) is 0 Å². The number of hydrogen-bond acceptors (Lipinski definition) is 8. The van der Waals surface area contributed by atoms with Gasteiger partial charge >= 0.3 is 0 Å². The van der Waals surface area contributed by atoms with Gasteiger partial charge in [-0.15, -0.1) is 5.10 Å². The van der Waals surface area contributed by atoms with Crippen molar-refractivity contribution in [1.82, 2.24) is 34.9 Å². The number of nitrogens with zero attached hydrogens (tertiary/aromatic N) is 7. The zero-order valence-electron chi connectivity index (χ0n) is 18.9. The van der Waals surface area contributed by atoms with Crippen molar-refractivity contribution in [3.8, 4) is 17.1 Å². The van der Waals surface area contributed by atoms with Crippen molar-refractivity contribution in [2.24, 2.45) is 0 Å². The minimum Gasteiger partial charge on any atom is -0.497 e. The predicted molar refractivity (Wildman–Crippen MR) is 123 cm³/mol. The van der Waals surface area contributed by atoms with E-state index in [1.807, 2.05) is 59.5 Å². The molecule has 1 aliphatic rings. The summed E-state index contributed by atoms with van der Waals surface area (Å²) >= 11 is 0. The monoisotopic (exact) mass is 459 g/mol. The van der Waals surface area contributed by atoms with Gasteiger partial charge in [-0.2, -0.15) is 4.98 Å². The Morgan fingerprint density at radius 1 is 1.00 bits per heavy atom. The second kappa shape index (κ2) is 9.84. The zero-order chi connectivity index (χ0) is 23.3. The molecule has 0 bridgehead atoms. The Morgan fingerprint density at radius 3 is 2.50 bits per heavy atom. The van der Waals surface area contributed by atoms with E-state index < -0.39 is 0 Å². The van der Waals surface area contributed by atoms with Gasteiger partial charge in [0.1, 0.15) is 5.75 Å². The average Bonchev–Trinajstić information content (AvgIpc) is 3.55. The van der Waals surface area contributed by atoms with Crippen LogP contribution in [0.15, 0.2) is 65.3 Å². The first-order chi connectivity index (χ1) is 16.7. The number of rotatable bonds is 7. The molecule has 10 heteroatoms. The third-order valence-corrected chi connectivity index (χ3v) is 5.78. The second-order valence-corrected chi connectivity index (χ2v) is 8.10. The first-order valence-electron chi connectivity index (χ1n) is 11.1. The van der Waals surface area contributed by atoms with Gasteiger partial charge in [-0.05, 0) is 29.8 Å². The standard InChI is InChI=1S/C24H25N7O3/c1-33-20-9-7-19(8-10-20)23-25-22(34-27-23)17-29-11-13-30(14-12-29)24(32)21-16-31(28-26-21)15-18-5-3-2-4-6-18/h2-10,16H,11-15,17H2,1H3. The van der Waals surface area contributed by atoms with Crippen LogP contribution in [0.25, 0.3) is 11.4 Å². The molecule has 3 heterocycles. The molecule has 1 amide bonds. The van der Waals surface area contributed by atoms with E-state index in [4.69, 9.17) is 9.26 Å². The molecule has 0 spiro atoms. The molecule has 174 valence electrons. The number of ether oxygens (including phenoxy) is 1. The van der Waals surface area contributed by atoms with E-state index >= 15 is 0 Å². The van der Waals surface area contributed by atoms with E-state index in [9.17, 15) is 4.79 Å². The third kappa shape index (κ3) is 4.96. The van der Waals surface area contributed by atoms with Gasteiger partial charge in [0, 0.05) is 31.7 Å². The molecule has 0 unspecified atom stereocenters. The van der Waals surface area contributed by atoms with Gasteiger partial charge in [-0.1, -0.05) is 40.7 Å². The number of piperazine rings is 1. The first kappa shape index (κ1) is 21.8. The molecule has 0 aliphatic carbocycles. The number of amides is 1. The molecule has 0 saturated carbocycles. The van der Waals surface area contributed by atoms with Crippen LogP contribution in [0.2, 0.25) is 0 Å². The number of carbonyl (C=O) groups excluding carboxylic acids is 1. The Balaban J connectivity index is 1.13. The highest BCUT2D eigenvalue weighted by Gasteiger charge is 2.25. The Bertz CT molecular complexity index is 1230. The summed E-state index contributed by atoms with van der Waals surface area (Å²) in [6.45, 7) is 3.75. The maximum absolute atomic E-state index is 12.9. The molecule has 4 aromatic rings. The van der Waals surface area contributed by atoms with E-state index in [0.29, 0.717) is 56.7 Å². The van der Waals surface area contributed by atoms with Gasteiger partial charge in [-0.25, -0.2) is 4.68 Å². The summed E-state index contributed by atoms with van der Waals surface area (Å²) in [6, 6.07) is 17.5. The number of benzene rings is 2.